The minimum Gasteiger partial charge on any atom is -0.409 e. The highest BCUT2D eigenvalue weighted by Gasteiger charge is 2.18. The Bertz CT molecular complexity index is 489. The molecular formula is C11H17N5O3. The summed E-state index contributed by atoms with van der Waals surface area (Å²) >= 11 is 0. The van der Waals surface area contributed by atoms with Gasteiger partial charge in [-0.05, 0) is 13.3 Å². The van der Waals surface area contributed by atoms with E-state index in [-0.39, 0.29) is 17.1 Å². The molecule has 0 saturated heterocycles. The summed E-state index contributed by atoms with van der Waals surface area (Å²) in [6.07, 6.45) is 2.06. The molecule has 0 saturated carbocycles. The largest absolute Gasteiger partial charge is 0.409 e. The van der Waals surface area contributed by atoms with E-state index in [1.165, 1.54) is 12.3 Å². The first kappa shape index (κ1) is 14.7. The van der Waals surface area contributed by atoms with Crippen molar-refractivity contribution in [2.45, 2.75) is 20.3 Å². The number of nitro groups is 1. The van der Waals surface area contributed by atoms with Gasteiger partial charge in [0, 0.05) is 19.2 Å². The molecule has 0 fully saturated rings. The van der Waals surface area contributed by atoms with Crippen LogP contribution in [0.1, 0.15) is 25.8 Å². The summed E-state index contributed by atoms with van der Waals surface area (Å²) < 4.78 is 0. The highest BCUT2D eigenvalue weighted by Crippen LogP contribution is 2.22. The molecule has 0 aliphatic rings. The second-order valence-electron chi connectivity index (χ2n) is 3.89. The summed E-state index contributed by atoms with van der Waals surface area (Å²) in [5.41, 5.74) is 5.62. The second-order valence-corrected chi connectivity index (χ2v) is 3.89. The van der Waals surface area contributed by atoms with E-state index in [9.17, 15) is 10.1 Å². The normalized spacial score (nSPS) is 11.4. The quantitative estimate of drug-likeness (QED) is 0.264. The number of rotatable bonds is 6. The molecule has 0 aromatic carbocycles. The first-order chi connectivity index (χ1) is 9.04. The van der Waals surface area contributed by atoms with Gasteiger partial charge in [-0.25, -0.2) is 4.98 Å². The van der Waals surface area contributed by atoms with Crippen LogP contribution in [0.15, 0.2) is 17.4 Å². The Morgan fingerprint density at radius 2 is 2.32 bits per heavy atom. The molecule has 0 unspecified atom stereocenters. The Morgan fingerprint density at radius 3 is 2.79 bits per heavy atom. The third kappa shape index (κ3) is 3.30. The van der Waals surface area contributed by atoms with Gasteiger partial charge in [0.1, 0.15) is 12.0 Å². The summed E-state index contributed by atoms with van der Waals surface area (Å²) in [7, 11) is 0. The smallest absolute Gasteiger partial charge is 0.288 e. The fourth-order valence-corrected chi connectivity index (χ4v) is 1.72. The van der Waals surface area contributed by atoms with Crippen molar-refractivity contribution in [1.29, 1.82) is 0 Å². The lowest BCUT2D eigenvalue weighted by molar-refractivity contribution is -0.385. The minimum atomic E-state index is -0.568. The van der Waals surface area contributed by atoms with Gasteiger partial charge in [0.15, 0.2) is 5.84 Å². The van der Waals surface area contributed by atoms with Crippen LogP contribution in [0.5, 0.6) is 0 Å². The molecule has 19 heavy (non-hydrogen) atoms. The number of nitrogens with zero attached hydrogens (tertiary/aromatic N) is 4. The number of oxime groups is 1. The van der Waals surface area contributed by atoms with E-state index < -0.39 is 4.92 Å². The number of anilines is 1. The van der Waals surface area contributed by atoms with Crippen molar-refractivity contribution in [1.82, 2.24) is 4.98 Å². The van der Waals surface area contributed by atoms with Crippen LogP contribution in [0.25, 0.3) is 0 Å². The van der Waals surface area contributed by atoms with Gasteiger partial charge in [0.2, 0.25) is 0 Å². The summed E-state index contributed by atoms with van der Waals surface area (Å²) in [6, 6.07) is 1.26. The van der Waals surface area contributed by atoms with Crippen LogP contribution in [-0.2, 0) is 0 Å². The van der Waals surface area contributed by atoms with Crippen molar-refractivity contribution < 1.29 is 10.1 Å². The van der Waals surface area contributed by atoms with E-state index >= 15 is 0 Å². The van der Waals surface area contributed by atoms with Crippen molar-refractivity contribution in [3.63, 3.8) is 0 Å². The monoisotopic (exact) mass is 267 g/mol. The zero-order valence-electron chi connectivity index (χ0n) is 10.9. The summed E-state index contributed by atoms with van der Waals surface area (Å²) in [4.78, 5) is 16.2. The molecule has 0 aliphatic heterocycles. The fraction of sp³-hybridized carbons (Fsp3) is 0.455. The predicted molar refractivity (Wildman–Crippen MR) is 71.6 cm³/mol. The van der Waals surface area contributed by atoms with E-state index in [0.717, 1.165) is 13.0 Å². The number of amidine groups is 1. The van der Waals surface area contributed by atoms with E-state index in [4.69, 9.17) is 10.9 Å². The molecule has 8 nitrogen and oxygen atoms in total. The maximum atomic E-state index is 10.7. The summed E-state index contributed by atoms with van der Waals surface area (Å²) in [6.45, 7) is 5.35. The Labute approximate surface area is 110 Å². The molecule has 0 amide bonds. The van der Waals surface area contributed by atoms with Crippen LogP contribution in [0.3, 0.4) is 0 Å². The van der Waals surface area contributed by atoms with E-state index in [1.807, 2.05) is 18.7 Å². The lowest BCUT2D eigenvalue weighted by atomic mass is 10.2. The van der Waals surface area contributed by atoms with Crippen LogP contribution in [0, 0.1) is 10.1 Å². The first-order valence-electron chi connectivity index (χ1n) is 5.92. The number of aromatic nitrogens is 1. The molecule has 0 spiro atoms. The Morgan fingerprint density at radius 1 is 1.63 bits per heavy atom. The maximum absolute atomic E-state index is 10.7. The van der Waals surface area contributed by atoms with Crippen LogP contribution < -0.4 is 10.6 Å². The van der Waals surface area contributed by atoms with Crippen LogP contribution in [0.2, 0.25) is 0 Å². The molecule has 1 heterocycles. The molecule has 0 atom stereocenters. The maximum Gasteiger partial charge on any atom is 0.288 e. The van der Waals surface area contributed by atoms with Gasteiger partial charge in [-0.1, -0.05) is 12.1 Å². The Balaban J connectivity index is 3.33. The standard InChI is InChI=1S/C11H17N5O3/c1-3-5-15(4-2)11-9(10(12)14-17)6-8(7-13-11)16(18)19/h6-7,17H,3-5H2,1-2H3,(H2,12,14). The number of hydrogen-bond acceptors (Lipinski definition) is 6. The average molecular weight is 267 g/mol. The Hall–Kier alpha value is -2.38. The summed E-state index contributed by atoms with van der Waals surface area (Å²) in [5, 5.41) is 22.4. The molecule has 1 rings (SSSR count). The highest BCUT2D eigenvalue weighted by molar-refractivity contribution is 6.01. The topological polar surface area (TPSA) is 118 Å². The molecule has 1 aromatic rings. The van der Waals surface area contributed by atoms with Crippen molar-refractivity contribution >= 4 is 17.3 Å². The molecule has 1 aromatic heterocycles. The van der Waals surface area contributed by atoms with E-state index in [2.05, 4.69) is 10.1 Å². The zero-order chi connectivity index (χ0) is 14.4. The zero-order valence-corrected chi connectivity index (χ0v) is 10.9. The minimum absolute atomic E-state index is 0.194. The second kappa shape index (κ2) is 6.53. The van der Waals surface area contributed by atoms with Crippen molar-refractivity contribution in [2.24, 2.45) is 10.9 Å². The lowest BCUT2D eigenvalue weighted by Crippen LogP contribution is -2.28. The molecule has 0 bridgehead atoms. The van der Waals surface area contributed by atoms with E-state index in [1.54, 1.807) is 0 Å². The van der Waals surface area contributed by atoms with Gasteiger partial charge < -0.3 is 15.8 Å². The third-order valence-corrected chi connectivity index (χ3v) is 2.62. The lowest BCUT2D eigenvalue weighted by Gasteiger charge is -2.23. The average Bonchev–Trinajstić information content (AvgIpc) is 2.43. The highest BCUT2D eigenvalue weighted by atomic mass is 16.6. The van der Waals surface area contributed by atoms with Crippen molar-refractivity contribution in [3.05, 3.63) is 27.9 Å². The van der Waals surface area contributed by atoms with Gasteiger partial charge in [-0.2, -0.15) is 0 Å². The SMILES string of the molecule is CCCN(CC)c1ncc([N+](=O)[O-])cc1C(N)=NO. The Kier molecular flexibility index (Phi) is 5.04. The summed E-state index contributed by atoms with van der Waals surface area (Å²) in [5.74, 6) is 0.283. The van der Waals surface area contributed by atoms with Gasteiger partial charge in [0.05, 0.1) is 10.5 Å². The number of nitrogens with two attached hydrogens (primary N) is 1. The van der Waals surface area contributed by atoms with Crippen LogP contribution >= 0.6 is 0 Å². The first-order valence-corrected chi connectivity index (χ1v) is 5.92. The molecule has 104 valence electrons. The molecule has 0 aliphatic carbocycles. The van der Waals surface area contributed by atoms with Gasteiger partial charge in [-0.15, -0.1) is 0 Å². The molecule has 8 heteroatoms. The molecule has 3 N–H and O–H groups in total. The van der Waals surface area contributed by atoms with Crippen molar-refractivity contribution in [3.8, 4) is 0 Å². The van der Waals surface area contributed by atoms with E-state index in [0.29, 0.717) is 12.4 Å². The van der Waals surface area contributed by atoms with Crippen LogP contribution in [-0.4, -0.2) is 34.0 Å². The van der Waals surface area contributed by atoms with Crippen LogP contribution in [0.4, 0.5) is 11.5 Å². The number of pyridine rings is 1. The molecule has 0 radical (unpaired) electrons. The van der Waals surface area contributed by atoms with Gasteiger partial charge in [-0.3, -0.25) is 10.1 Å². The van der Waals surface area contributed by atoms with Gasteiger partial charge in [0.25, 0.3) is 5.69 Å². The predicted octanol–water partition coefficient (Wildman–Crippen LogP) is 1.32. The fourth-order valence-electron chi connectivity index (χ4n) is 1.72. The van der Waals surface area contributed by atoms with Crippen molar-refractivity contribution in [2.75, 3.05) is 18.0 Å². The van der Waals surface area contributed by atoms with Gasteiger partial charge >= 0.3 is 0 Å². The number of hydrogen-bond donors (Lipinski definition) is 2. The third-order valence-electron chi connectivity index (χ3n) is 2.62. The molecular weight excluding hydrogens is 250 g/mol.